The van der Waals surface area contributed by atoms with Gasteiger partial charge >= 0.3 is 6.09 Å². The SMILES string of the molecule is Cc1cc([C@@H](C)Nc2nc(C)nc3ccc(C4=CCN(C(=O)OC(C)(C)C)CC4)cc23)cc([N+](=O)[O-])c1. The predicted octanol–water partition coefficient (Wildman–Crippen LogP) is 6.35. The highest BCUT2D eigenvalue weighted by molar-refractivity contribution is 5.92. The minimum Gasteiger partial charge on any atom is -0.444 e. The van der Waals surface area contributed by atoms with Crippen LogP contribution in [-0.2, 0) is 4.74 Å². The Kier molecular flexibility index (Phi) is 7.16. The Labute approximate surface area is 216 Å². The van der Waals surface area contributed by atoms with E-state index in [4.69, 9.17) is 4.74 Å². The predicted molar refractivity (Wildman–Crippen MR) is 145 cm³/mol. The molecule has 194 valence electrons. The molecule has 9 nitrogen and oxygen atoms in total. The molecule has 0 spiro atoms. The maximum Gasteiger partial charge on any atom is 0.410 e. The van der Waals surface area contributed by atoms with Crippen LogP contribution in [0.2, 0.25) is 0 Å². The number of hydrogen-bond acceptors (Lipinski definition) is 7. The number of carbonyl (C=O) groups excluding carboxylic acids is 1. The van der Waals surface area contributed by atoms with Gasteiger partial charge in [0.05, 0.1) is 16.5 Å². The van der Waals surface area contributed by atoms with E-state index in [0.717, 1.165) is 33.2 Å². The van der Waals surface area contributed by atoms with Gasteiger partial charge in [0.2, 0.25) is 0 Å². The Bertz CT molecular complexity index is 1390. The molecule has 3 aromatic rings. The summed E-state index contributed by atoms with van der Waals surface area (Å²) in [5, 5.41) is 15.7. The van der Waals surface area contributed by atoms with E-state index in [2.05, 4.69) is 27.4 Å². The number of aromatic nitrogens is 2. The number of nitro groups is 1. The van der Waals surface area contributed by atoms with Crippen LogP contribution in [0.1, 0.15) is 62.7 Å². The van der Waals surface area contributed by atoms with Crippen molar-refractivity contribution in [2.75, 3.05) is 18.4 Å². The van der Waals surface area contributed by atoms with Crippen LogP contribution in [0.3, 0.4) is 0 Å². The molecule has 1 aliphatic rings. The zero-order chi connectivity index (χ0) is 26.9. The highest BCUT2D eigenvalue weighted by atomic mass is 16.6. The summed E-state index contributed by atoms with van der Waals surface area (Å²) in [5.74, 6) is 1.31. The molecule has 0 saturated heterocycles. The van der Waals surface area contributed by atoms with Crippen molar-refractivity contribution < 1.29 is 14.5 Å². The van der Waals surface area contributed by atoms with Crippen molar-refractivity contribution in [3.05, 3.63) is 75.1 Å². The summed E-state index contributed by atoms with van der Waals surface area (Å²) in [4.78, 5) is 34.3. The fourth-order valence-electron chi connectivity index (χ4n) is 4.41. The summed E-state index contributed by atoms with van der Waals surface area (Å²) in [6, 6.07) is 11.0. The highest BCUT2D eigenvalue weighted by Gasteiger charge is 2.24. The molecule has 0 aliphatic carbocycles. The number of rotatable bonds is 5. The second-order valence-corrected chi connectivity index (χ2v) is 10.5. The van der Waals surface area contributed by atoms with E-state index in [-0.39, 0.29) is 22.7 Å². The highest BCUT2D eigenvalue weighted by Crippen LogP contribution is 2.31. The van der Waals surface area contributed by atoms with Gasteiger partial charge in [0.25, 0.3) is 5.69 Å². The molecule has 37 heavy (non-hydrogen) atoms. The fraction of sp³-hybridized carbons (Fsp3) is 0.393. The molecular weight excluding hydrogens is 470 g/mol. The van der Waals surface area contributed by atoms with Gasteiger partial charge in [-0.25, -0.2) is 14.8 Å². The third-order valence-electron chi connectivity index (χ3n) is 6.19. The first kappa shape index (κ1) is 26.1. The molecule has 0 bridgehead atoms. The standard InChI is InChI=1S/C28H33N5O4/c1-17-13-22(15-23(14-17)33(35)36)18(2)29-26-24-16-21(7-8-25(24)30-19(3)31-26)20-9-11-32(12-10-20)27(34)37-28(4,5)6/h7-9,13-16,18H,10-12H2,1-6H3,(H,29,30,31)/t18-/m1/s1. The largest absolute Gasteiger partial charge is 0.444 e. The van der Waals surface area contributed by atoms with Crippen molar-refractivity contribution in [1.82, 2.24) is 14.9 Å². The number of hydrogen-bond donors (Lipinski definition) is 1. The van der Waals surface area contributed by atoms with Crippen molar-refractivity contribution in [3.8, 4) is 0 Å². The van der Waals surface area contributed by atoms with E-state index in [1.54, 1.807) is 17.0 Å². The average Bonchev–Trinajstić information content (AvgIpc) is 2.82. The minimum absolute atomic E-state index is 0.0688. The number of nitro benzene ring substituents is 1. The van der Waals surface area contributed by atoms with Gasteiger partial charge in [0.15, 0.2) is 0 Å². The monoisotopic (exact) mass is 503 g/mol. The van der Waals surface area contributed by atoms with Crippen LogP contribution < -0.4 is 5.32 Å². The van der Waals surface area contributed by atoms with Crippen LogP contribution in [0, 0.1) is 24.0 Å². The van der Waals surface area contributed by atoms with Crippen molar-refractivity contribution in [2.24, 2.45) is 0 Å². The topological polar surface area (TPSA) is 110 Å². The smallest absolute Gasteiger partial charge is 0.410 e. The molecule has 4 rings (SSSR count). The first-order valence-electron chi connectivity index (χ1n) is 12.4. The van der Waals surface area contributed by atoms with Crippen LogP contribution in [0.5, 0.6) is 0 Å². The lowest BCUT2D eigenvalue weighted by atomic mass is 9.98. The lowest BCUT2D eigenvalue weighted by molar-refractivity contribution is -0.385. The lowest BCUT2D eigenvalue weighted by Gasteiger charge is -2.29. The van der Waals surface area contributed by atoms with Crippen molar-refractivity contribution in [2.45, 2.75) is 59.6 Å². The van der Waals surface area contributed by atoms with Gasteiger partial charge in [0, 0.05) is 30.6 Å². The Hall–Kier alpha value is -4.01. The third kappa shape index (κ3) is 6.22. The number of nitrogens with zero attached hydrogens (tertiary/aromatic N) is 4. The quantitative estimate of drug-likeness (QED) is 0.319. The number of benzene rings is 2. The zero-order valence-corrected chi connectivity index (χ0v) is 22.2. The molecular formula is C28H33N5O4. The second-order valence-electron chi connectivity index (χ2n) is 10.5. The third-order valence-corrected chi connectivity index (χ3v) is 6.19. The maximum atomic E-state index is 12.4. The molecule has 2 aromatic carbocycles. The molecule has 1 aromatic heterocycles. The Morgan fingerprint density at radius 2 is 1.92 bits per heavy atom. The molecule has 0 fully saturated rings. The van der Waals surface area contributed by atoms with Gasteiger partial charge in [-0.3, -0.25) is 10.1 Å². The average molecular weight is 504 g/mol. The van der Waals surface area contributed by atoms with E-state index in [9.17, 15) is 14.9 Å². The van der Waals surface area contributed by atoms with Gasteiger partial charge in [0.1, 0.15) is 17.2 Å². The summed E-state index contributed by atoms with van der Waals surface area (Å²) in [6.45, 7) is 12.3. The summed E-state index contributed by atoms with van der Waals surface area (Å²) in [6.07, 6.45) is 2.47. The Morgan fingerprint density at radius 1 is 1.16 bits per heavy atom. The fourth-order valence-corrected chi connectivity index (χ4v) is 4.41. The number of nitrogens with one attached hydrogen (secondary N) is 1. The van der Waals surface area contributed by atoms with Gasteiger partial charge < -0.3 is 15.0 Å². The van der Waals surface area contributed by atoms with Gasteiger partial charge in [-0.1, -0.05) is 18.2 Å². The number of non-ortho nitro benzene ring substituents is 1. The molecule has 1 atom stereocenters. The molecule has 2 heterocycles. The number of ether oxygens (including phenoxy) is 1. The van der Waals surface area contributed by atoms with Crippen LogP contribution in [0.15, 0.2) is 42.5 Å². The summed E-state index contributed by atoms with van der Waals surface area (Å²) >= 11 is 0. The number of aryl methyl sites for hydroxylation is 2. The molecule has 0 unspecified atom stereocenters. The first-order valence-corrected chi connectivity index (χ1v) is 12.4. The van der Waals surface area contributed by atoms with Crippen LogP contribution >= 0.6 is 0 Å². The Morgan fingerprint density at radius 3 is 2.57 bits per heavy atom. The van der Waals surface area contributed by atoms with E-state index < -0.39 is 5.60 Å². The summed E-state index contributed by atoms with van der Waals surface area (Å²) in [5.41, 5.74) is 4.19. The van der Waals surface area contributed by atoms with Gasteiger partial charge in [-0.2, -0.15) is 0 Å². The molecule has 0 saturated carbocycles. The number of fused-ring (bicyclic) bond motifs is 1. The zero-order valence-electron chi connectivity index (χ0n) is 22.2. The van der Waals surface area contributed by atoms with Crippen LogP contribution in [0.4, 0.5) is 16.3 Å². The molecule has 1 N–H and O–H groups in total. The van der Waals surface area contributed by atoms with Gasteiger partial charge in [-0.15, -0.1) is 0 Å². The van der Waals surface area contributed by atoms with Crippen molar-refractivity contribution >= 4 is 34.1 Å². The number of amides is 1. The van der Waals surface area contributed by atoms with E-state index in [1.807, 2.05) is 59.7 Å². The van der Waals surface area contributed by atoms with E-state index in [0.29, 0.717) is 31.2 Å². The maximum absolute atomic E-state index is 12.4. The molecule has 1 amide bonds. The van der Waals surface area contributed by atoms with Crippen LogP contribution in [-0.4, -0.2) is 44.6 Å². The molecule has 9 heteroatoms. The minimum atomic E-state index is -0.526. The van der Waals surface area contributed by atoms with E-state index >= 15 is 0 Å². The first-order chi connectivity index (χ1) is 17.4. The normalized spacial score (nSPS) is 14.8. The molecule has 0 radical (unpaired) electrons. The summed E-state index contributed by atoms with van der Waals surface area (Å²) in [7, 11) is 0. The number of anilines is 1. The Balaban J connectivity index is 1.61. The second kappa shape index (κ2) is 10.2. The molecule has 1 aliphatic heterocycles. The van der Waals surface area contributed by atoms with Crippen molar-refractivity contribution in [3.63, 3.8) is 0 Å². The summed E-state index contributed by atoms with van der Waals surface area (Å²) < 4.78 is 5.50. The van der Waals surface area contributed by atoms with Crippen molar-refractivity contribution in [1.29, 1.82) is 0 Å². The number of carbonyl (C=O) groups is 1. The van der Waals surface area contributed by atoms with E-state index in [1.165, 1.54) is 0 Å². The van der Waals surface area contributed by atoms with Crippen LogP contribution in [0.25, 0.3) is 16.5 Å². The lowest BCUT2D eigenvalue weighted by Crippen LogP contribution is -2.39. The van der Waals surface area contributed by atoms with Gasteiger partial charge in [-0.05, 0) is 82.4 Å².